The van der Waals surface area contributed by atoms with E-state index in [0.717, 1.165) is 36.8 Å². The van der Waals surface area contributed by atoms with Crippen molar-refractivity contribution in [2.75, 3.05) is 0 Å². The van der Waals surface area contributed by atoms with Crippen molar-refractivity contribution < 1.29 is 5.11 Å². The fourth-order valence-electron chi connectivity index (χ4n) is 4.05. The average Bonchev–Trinajstić information content (AvgIpc) is 3.19. The first-order valence-corrected chi connectivity index (χ1v) is 7.64. The molecule has 1 aromatic rings. The van der Waals surface area contributed by atoms with Gasteiger partial charge in [0, 0.05) is 12.1 Å². The molecule has 2 aliphatic heterocycles. The number of fused-ring (bicyclic) bond motifs is 2. The highest BCUT2D eigenvalue weighted by Gasteiger charge is 2.46. The molecule has 0 radical (unpaired) electrons. The van der Waals surface area contributed by atoms with E-state index >= 15 is 0 Å². The molecule has 2 heterocycles. The van der Waals surface area contributed by atoms with Crippen LogP contribution >= 0.6 is 0 Å². The van der Waals surface area contributed by atoms with Crippen LogP contribution in [0.4, 0.5) is 0 Å². The molecule has 2 N–H and O–H groups in total. The van der Waals surface area contributed by atoms with Crippen LogP contribution in [0.15, 0.2) is 24.3 Å². The highest BCUT2D eigenvalue weighted by Crippen LogP contribution is 2.48. The first-order valence-electron chi connectivity index (χ1n) is 7.64. The number of aliphatic hydroxyl groups is 1. The molecule has 2 unspecified atom stereocenters. The van der Waals surface area contributed by atoms with Crippen molar-refractivity contribution in [1.29, 1.82) is 5.26 Å². The zero-order chi connectivity index (χ0) is 13.8. The smallest absolute Gasteiger partial charge is 0.0926 e. The van der Waals surface area contributed by atoms with Gasteiger partial charge in [-0.25, -0.2) is 0 Å². The van der Waals surface area contributed by atoms with Crippen molar-refractivity contribution in [3.63, 3.8) is 0 Å². The molecule has 104 valence electrons. The van der Waals surface area contributed by atoms with Gasteiger partial charge in [0.15, 0.2) is 0 Å². The van der Waals surface area contributed by atoms with Crippen LogP contribution in [-0.4, -0.2) is 17.2 Å². The summed E-state index contributed by atoms with van der Waals surface area (Å²) < 4.78 is 0. The fraction of sp³-hybridized carbons (Fsp3) is 0.588. The van der Waals surface area contributed by atoms with E-state index in [1.54, 1.807) is 0 Å². The van der Waals surface area contributed by atoms with Gasteiger partial charge in [-0.3, -0.25) is 0 Å². The Morgan fingerprint density at radius 1 is 1.05 bits per heavy atom. The largest absolute Gasteiger partial charge is 0.385 e. The Kier molecular flexibility index (Phi) is 2.52. The molecule has 3 nitrogen and oxygen atoms in total. The Morgan fingerprint density at radius 3 is 2.10 bits per heavy atom. The first kappa shape index (κ1) is 12.4. The summed E-state index contributed by atoms with van der Waals surface area (Å²) in [5.74, 6) is 0. The van der Waals surface area contributed by atoms with Gasteiger partial charge in [-0.05, 0) is 49.7 Å². The molecular formula is C17H20N2O. The SMILES string of the molecule is N#CC1(c2ccc(C3(O)CC4CCC(C3)N4)cc2)CC1. The van der Waals surface area contributed by atoms with E-state index in [1.807, 2.05) is 24.3 Å². The number of hydrogen-bond donors (Lipinski definition) is 2. The highest BCUT2D eigenvalue weighted by atomic mass is 16.3. The summed E-state index contributed by atoms with van der Waals surface area (Å²) in [4.78, 5) is 0. The van der Waals surface area contributed by atoms with Gasteiger partial charge < -0.3 is 10.4 Å². The summed E-state index contributed by atoms with van der Waals surface area (Å²) in [6.45, 7) is 0. The molecule has 0 aromatic heterocycles. The third kappa shape index (κ3) is 1.79. The molecule has 3 heteroatoms. The van der Waals surface area contributed by atoms with Crippen LogP contribution in [0.25, 0.3) is 0 Å². The van der Waals surface area contributed by atoms with Crippen LogP contribution in [0.1, 0.15) is 49.7 Å². The predicted molar refractivity (Wildman–Crippen MR) is 76.0 cm³/mol. The molecule has 0 amide bonds. The number of benzene rings is 1. The monoisotopic (exact) mass is 268 g/mol. The minimum absolute atomic E-state index is 0.228. The summed E-state index contributed by atoms with van der Waals surface area (Å²) in [7, 11) is 0. The highest BCUT2D eigenvalue weighted by molar-refractivity contribution is 5.41. The van der Waals surface area contributed by atoms with Gasteiger partial charge in [0.25, 0.3) is 0 Å². The summed E-state index contributed by atoms with van der Waals surface area (Å²) in [6, 6.07) is 11.5. The first-order chi connectivity index (χ1) is 9.63. The van der Waals surface area contributed by atoms with E-state index in [2.05, 4.69) is 11.4 Å². The molecule has 1 saturated carbocycles. The molecule has 2 bridgehead atoms. The summed E-state index contributed by atoms with van der Waals surface area (Å²) in [6.07, 6.45) is 5.94. The Labute approximate surface area is 119 Å². The molecule has 1 aliphatic carbocycles. The van der Waals surface area contributed by atoms with Crippen LogP contribution in [0.3, 0.4) is 0 Å². The van der Waals surface area contributed by atoms with Gasteiger partial charge in [-0.2, -0.15) is 5.26 Å². The molecule has 20 heavy (non-hydrogen) atoms. The maximum atomic E-state index is 11.0. The van der Waals surface area contributed by atoms with E-state index in [-0.39, 0.29) is 5.41 Å². The second-order valence-electron chi connectivity index (χ2n) is 6.85. The number of hydrogen-bond acceptors (Lipinski definition) is 3. The van der Waals surface area contributed by atoms with Crippen LogP contribution < -0.4 is 5.32 Å². The standard InChI is InChI=1S/C17H20N2O/c18-11-16(7-8-16)12-1-3-13(4-2-12)17(20)9-14-5-6-15(10-17)19-14/h1-4,14-15,19-20H,5-10H2. The Morgan fingerprint density at radius 2 is 1.60 bits per heavy atom. The summed E-state index contributed by atoms with van der Waals surface area (Å²) >= 11 is 0. The predicted octanol–water partition coefficient (Wildman–Crippen LogP) is 2.34. The molecule has 2 atom stereocenters. The lowest BCUT2D eigenvalue weighted by Crippen LogP contribution is -2.46. The van der Waals surface area contributed by atoms with E-state index in [0.29, 0.717) is 12.1 Å². The third-order valence-corrected chi connectivity index (χ3v) is 5.44. The Balaban J connectivity index is 1.61. The lowest BCUT2D eigenvalue weighted by molar-refractivity contribution is -0.0114. The van der Waals surface area contributed by atoms with Gasteiger partial charge in [-0.1, -0.05) is 24.3 Å². The molecule has 1 aromatic carbocycles. The van der Waals surface area contributed by atoms with Crippen molar-refractivity contribution in [3.8, 4) is 6.07 Å². The fourth-order valence-corrected chi connectivity index (χ4v) is 4.05. The van der Waals surface area contributed by atoms with Crippen LogP contribution in [0.5, 0.6) is 0 Å². The number of nitrogens with one attached hydrogen (secondary N) is 1. The van der Waals surface area contributed by atoms with Gasteiger partial charge >= 0.3 is 0 Å². The second kappa shape index (κ2) is 4.07. The second-order valence-corrected chi connectivity index (χ2v) is 6.85. The van der Waals surface area contributed by atoms with E-state index in [1.165, 1.54) is 12.8 Å². The summed E-state index contributed by atoms with van der Waals surface area (Å²) in [5.41, 5.74) is 1.23. The van der Waals surface area contributed by atoms with E-state index in [4.69, 9.17) is 0 Å². The number of nitrogens with zero attached hydrogens (tertiary/aromatic N) is 1. The topological polar surface area (TPSA) is 56.0 Å². The maximum Gasteiger partial charge on any atom is 0.0926 e. The molecule has 3 aliphatic rings. The third-order valence-electron chi connectivity index (χ3n) is 5.44. The van der Waals surface area contributed by atoms with E-state index in [9.17, 15) is 10.4 Å². The van der Waals surface area contributed by atoms with Crippen molar-refractivity contribution in [2.24, 2.45) is 0 Å². The normalized spacial score (nSPS) is 37.4. The van der Waals surface area contributed by atoms with Gasteiger partial charge in [-0.15, -0.1) is 0 Å². The summed E-state index contributed by atoms with van der Waals surface area (Å²) in [5, 5.41) is 23.8. The minimum Gasteiger partial charge on any atom is -0.385 e. The number of piperidine rings is 1. The van der Waals surface area contributed by atoms with Crippen LogP contribution in [0, 0.1) is 11.3 Å². The minimum atomic E-state index is -0.682. The van der Waals surface area contributed by atoms with E-state index < -0.39 is 5.60 Å². The lowest BCUT2D eigenvalue weighted by Gasteiger charge is -2.37. The molecule has 0 spiro atoms. The molecule has 3 fully saturated rings. The van der Waals surface area contributed by atoms with Gasteiger partial charge in [0.05, 0.1) is 17.1 Å². The van der Waals surface area contributed by atoms with Crippen molar-refractivity contribution in [1.82, 2.24) is 5.32 Å². The Hall–Kier alpha value is -1.37. The number of rotatable bonds is 2. The molecular weight excluding hydrogens is 248 g/mol. The van der Waals surface area contributed by atoms with Crippen LogP contribution in [-0.2, 0) is 11.0 Å². The van der Waals surface area contributed by atoms with Crippen molar-refractivity contribution in [3.05, 3.63) is 35.4 Å². The van der Waals surface area contributed by atoms with Gasteiger partial charge in [0.1, 0.15) is 0 Å². The Bertz CT molecular complexity index is 556. The average molecular weight is 268 g/mol. The zero-order valence-electron chi connectivity index (χ0n) is 11.6. The quantitative estimate of drug-likeness (QED) is 0.865. The lowest BCUT2D eigenvalue weighted by atomic mass is 9.80. The molecule has 4 rings (SSSR count). The van der Waals surface area contributed by atoms with Crippen molar-refractivity contribution in [2.45, 2.75) is 61.6 Å². The number of nitriles is 1. The van der Waals surface area contributed by atoms with Gasteiger partial charge in [0.2, 0.25) is 0 Å². The molecule has 2 saturated heterocycles. The van der Waals surface area contributed by atoms with Crippen LogP contribution in [0.2, 0.25) is 0 Å². The maximum absolute atomic E-state index is 11.0. The zero-order valence-corrected chi connectivity index (χ0v) is 11.6. The van der Waals surface area contributed by atoms with Crippen molar-refractivity contribution >= 4 is 0 Å².